The number of aliphatic hydroxyl groups is 1. The second-order valence-electron chi connectivity index (χ2n) is 5.33. The molecule has 4 nitrogen and oxygen atoms in total. The molecule has 2 N–H and O–H groups in total. The van der Waals surface area contributed by atoms with Gasteiger partial charge in [0.05, 0.1) is 19.3 Å². The van der Waals surface area contributed by atoms with Gasteiger partial charge in [0.2, 0.25) is 0 Å². The third-order valence-corrected chi connectivity index (χ3v) is 3.24. The highest BCUT2D eigenvalue weighted by Gasteiger charge is 2.08. The average Bonchev–Trinajstić information content (AvgIpc) is 2.38. The lowest BCUT2D eigenvalue weighted by molar-refractivity contribution is 0.0275. The lowest BCUT2D eigenvalue weighted by Gasteiger charge is -2.20. The summed E-state index contributed by atoms with van der Waals surface area (Å²) in [6, 6.07) is 7.90. The van der Waals surface area contributed by atoms with E-state index in [4.69, 9.17) is 16.3 Å². The van der Waals surface area contributed by atoms with Gasteiger partial charge in [-0.3, -0.25) is 0 Å². The summed E-state index contributed by atoms with van der Waals surface area (Å²) in [5, 5.41) is 13.8. The van der Waals surface area contributed by atoms with E-state index < -0.39 is 6.10 Å². The van der Waals surface area contributed by atoms with Gasteiger partial charge >= 0.3 is 0 Å². The fourth-order valence-electron chi connectivity index (χ4n) is 1.93. The Morgan fingerprint density at radius 2 is 2.05 bits per heavy atom. The van der Waals surface area contributed by atoms with E-state index in [0.717, 1.165) is 12.1 Å². The maximum atomic E-state index is 9.85. The SMILES string of the molecule is CC(CN(C)C)NCC(O)COCc1ccccc1Cl. The standard InChI is InChI=1S/C15H25ClN2O2/c1-12(9-18(2)3)17-8-14(19)11-20-10-13-6-4-5-7-15(13)16/h4-7,12,14,17,19H,8-11H2,1-3H3. The molecular formula is C15H25ClN2O2. The quantitative estimate of drug-likeness (QED) is 0.729. The highest BCUT2D eigenvalue weighted by atomic mass is 35.5. The molecule has 0 aromatic heterocycles. The minimum Gasteiger partial charge on any atom is -0.389 e. The Bertz CT molecular complexity index is 388. The third kappa shape index (κ3) is 7.22. The molecule has 114 valence electrons. The van der Waals surface area contributed by atoms with Crippen LogP contribution in [0.25, 0.3) is 0 Å². The highest BCUT2D eigenvalue weighted by Crippen LogP contribution is 2.15. The second-order valence-corrected chi connectivity index (χ2v) is 5.74. The van der Waals surface area contributed by atoms with Gasteiger partial charge in [0.1, 0.15) is 0 Å². The molecule has 0 amide bonds. The van der Waals surface area contributed by atoms with Gasteiger partial charge in [-0.15, -0.1) is 0 Å². The van der Waals surface area contributed by atoms with Crippen LogP contribution in [0.5, 0.6) is 0 Å². The van der Waals surface area contributed by atoms with Crippen LogP contribution < -0.4 is 5.32 Å². The maximum Gasteiger partial charge on any atom is 0.0897 e. The van der Waals surface area contributed by atoms with Gasteiger partial charge in [0.15, 0.2) is 0 Å². The molecule has 0 saturated carbocycles. The summed E-state index contributed by atoms with van der Waals surface area (Å²) in [5.74, 6) is 0. The zero-order chi connectivity index (χ0) is 15.0. The van der Waals surface area contributed by atoms with Gasteiger partial charge in [0, 0.05) is 24.2 Å². The predicted octanol–water partition coefficient (Wildman–Crippen LogP) is 1.76. The normalized spacial score (nSPS) is 14.5. The van der Waals surface area contributed by atoms with Crippen LogP contribution in [0.4, 0.5) is 0 Å². The zero-order valence-corrected chi connectivity index (χ0v) is 13.2. The molecular weight excluding hydrogens is 276 g/mol. The van der Waals surface area contributed by atoms with E-state index in [1.807, 2.05) is 38.4 Å². The van der Waals surface area contributed by atoms with Crippen LogP contribution in [0.2, 0.25) is 5.02 Å². The Morgan fingerprint density at radius 3 is 2.70 bits per heavy atom. The maximum absolute atomic E-state index is 9.85. The number of rotatable bonds is 9. The van der Waals surface area contributed by atoms with Crippen LogP contribution >= 0.6 is 11.6 Å². The predicted molar refractivity (Wildman–Crippen MR) is 83.1 cm³/mol. The minimum atomic E-state index is -0.512. The molecule has 2 unspecified atom stereocenters. The van der Waals surface area contributed by atoms with Gasteiger partial charge in [-0.2, -0.15) is 0 Å². The molecule has 0 aliphatic heterocycles. The Labute approximate surface area is 126 Å². The van der Waals surface area contributed by atoms with Crippen molar-refractivity contribution in [2.75, 3.05) is 33.8 Å². The summed E-state index contributed by atoms with van der Waals surface area (Å²) in [4.78, 5) is 2.11. The minimum absolute atomic E-state index is 0.299. The van der Waals surface area contributed by atoms with Crippen molar-refractivity contribution < 1.29 is 9.84 Å². The summed E-state index contributed by atoms with van der Waals surface area (Å²) >= 11 is 6.03. The highest BCUT2D eigenvalue weighted by molar-refractivity contribution is 6.31. The second kappa shape index (κ2) is 9.32. The summed E-state index contributed by atoms with van der Waals surface area (Å²) < 4.78 is 5.49. The summed E-state index contributed by atoms with van der Waals surface area (Å²) in [5.41, 5.74) is 0.940. The van der Waals surface area contributed by atoms with Crippen molar-refractivity contribution in [2.24, 2.45) is 0 Å². The Kier molecular flexibility index (Phi) is 8.11. The number of hydrogen-bond acceptors (Lipinski definition) is 4. The van der Waals surface area contributed by atoms with E-state index in [-0.39, 0.29) is 0 Å². The van der Waals surface area contributed by atoms with Crippen molar-refractivity contribution in [2.45, 2.75) is 25.7 Å². The van der Waals surface area contributed by atoms with Crippen LogP contribution in [-0.4, -0.2) is 55.9 Å². The van der Waals surface area contributed by atoms with Gasteiger partial charge in [-0.1, -0.05) is 29.8 Å². The van der Waals surface area contributed by atoms with E-state index >= 15 is 0 Å². The van der Waals surface area contributed by atoms with E-state index in [1.54, 1.807) is 0 Å². The van der Waals surface area contributed by atoms with Gasteiger partial charge in [0.25, 0.3) is 0 Å². The molecule has 1 rings (SSSR count). The largest absolute Gasteiger partial charge is 0.389 e. The lowest BCUT2D eigenvalue weighted by Crippen LogP contribution is -2.41. The number of hydrogen-bond donors (Lipinski definition) is 2. The number of aliphatic hydroxyl groups excluding tert-OH is 1. The molecule has 0 bridgehead atoms. The van der Waals surface area contributed by atoms with E-state index in [1.165, 1.54) is 0 Å². The molecule has 0 aliphatic carbocycles. The Balaban J connectivity index is 2.17. The molecule has 2 atom stereocenters. The fourth-order valence-corrected chi connectivity index (χ4v) is 2.12. The number of ether oxygens (including phenoxy) is 1. The zero-order valence-electron chi connectivity index (χ0n) is 12.5. The van der Waals surface area contributed by atoms with E-state index in [0.29, 0.717) is 30.8 Å². The first-order chi connectivity index (χ1) is 9.49. The number of nitrogens with zero attached hydrogens (tertiary/aromatic N) is 1. The summed E-state index contributed by atoms with van der Waals surface area (Å²) in [6.07, 6.45) is -0.512. The molecule has 5 heteroatoms. The first-order valence-corrected chi connectivity index (χ1v) is 7.24. The summed E-state index contributed by atoms with van der Waals surface area (Å²) in [7, 11) is 4.06. The first-order valence-electron chi connectivity index (χ1n) is 6.86. The molecule has 0 aliphatic rings. The molecule has 0 fully saturated rings. The number of benzene rings is 1. The van der Waals surface area contributed by atoms with Crippen molar-refractivity contribution in [1.29, 1.82) is 0 Å². The molecule has 0 saturated heterocycles. The molecule has 1 aromatic carbocycles. The number of likely N-dealkylation sites (N-methyl/N-ethyl adjacent to an activating group) is 1. The summed E-state index contributed by atoms with van der Waals surface area (Å²) in [6.45, 7) is 4.28. The van der Waals surface area contributed by atoms with E-state index in [2.05, 4.69) is 17.1 Å². The van der Waals surface area contributed by atoms with Gasteiger partial charge in [-0.25, -0.2) is 0 Å². The van der Waals surface area contributed by atoms with Crippen molar-refractivity contribution in [3.63, 3.8) is 0 Å². The van der Waals surface area contributed by atoms with Crippen LogP contribution in [0, 0.1) is 0 Å². The van der Waals surface area contributed by atoms with Gasteiger partial charge < -0.3 is 20.1 Å². The molecule has 20 heavy (non-hydrogen) atoms. The number of nitrogens with one attached hydrogen (secondary N) is 1. The molecule has 0 spiro atoms. The van der Waals surface area contributed by atoms with Crippen molar-refractivity contribution >= 4 is 11.6 Å². The number of halogens is 1. The van der Waals surface area contributed by atoms with Gasteiger partial charge in [-0.05, 0) is 32.6 Å². The smallest absolute Gasteiger partial charge is 0.0897 e. The van der Waals surface area contributed by atoms with Crippen LogP contribution in [-0.2, 0) is 11.3 Å². The molecule has 0 heterocycles. The third-order valence-electron chi connectivity index (χ3n) is 2.87. The monoisotopic (exact) mass is 300 g/mol. The molecule has 0 radical (unpaired) electrons. The topological polar surface area (TPSA) is 44.7 Å². The first kappa shape index (κ1) is 17.4. The lowest BCUT2D eigenvalue weighted by atomic mass is 10.2. The van der Waals surface area contributed by atoms with Crippen molar-refractivity contribution in [3.05, 3.63) is 34.9 Å². The van der Waals surface area contributed by atoms with E-state index in [9.17, 15) is 5.11 Å². The van der Waals surface area contributed by atoms with Crippen LogP contribution in [0.3, 0.4) is 0 Å². The average molecular weight is 301 g/mol. The Hall–Kier alpha value is -0.650. The fraction of sp³-hybridized carbons (Fsp3) is 0.600. The van der Waals surface area contributed by atoms with Crippen LogP contribution in [0.15, 0.2) is 24.3 Å². The Morgan fingerprint density at radius 1 is 1.35 bits per heavy atom. The van der Waals surface area contributed by atoms with Crippen LogP contribution in [0.1, 0.15) is 12.5 Å². The van der Waals surface area contributed by atoms with Crippen molar-refractivity contribution in [3.8, 4) is 0 Å². The molecule has 1 aromatic rings. The van der Waals surface area contributed by atoms with Crippen molar-refractivity contribution in [1.82, 2.24) is 10.2 Å².